The molecule has 0 saturated heterocycles. The van der Waals surface area contributed by atoms with E-state index in [1.54, 1.807) is 69.6 Å². The summed E-state index contributed by atoms with van der Waals surface area (Å²) in [7, 11) is 5.73. The van der Waals surface area contributed by atoms with E-state index in [2.05, 4.69) is 96.2 Å². The first kappa shape index (κ1) is 60.7. The minimum Gasteiger partial charge on any atom is -0.477 e. The number of H-pyrrole nitrogens is 3. The van der Waals surface area contributed by atoms with E-state index in [4.69, 9.17) is 25.8 Å². The number of Topliss-reactive ketones (excluding diaryl/α,β-unsaturated/α-hetero) is 1. The zero-order valence-corrected chi connectivity index (χ0v) is 50.1. The average Bonchev–Trinajstić information content (AvgIpc) is 2.43. The van der Waals surface area contributed by atoms with Crippen LogP contribution in [-0.2, 0) is 21.1 Å². The number of hydrogen-bond acceptors (Lipinski definition) is 21. The minimum absolute atomic E-state index is 0.0572. The van der Waals surface area contributed by atoms with Gasteiger partial charge in [0.15, 0.2) is 11.6 Å². The van der Waals surface area contributed by atoms with Crippen LogP contribution in [0.1, 0.15) is 63.8 Å². The van der Waals surface area contributed by atoms with Crippen molar-refractivity contribution in [1.82, 2.24) is 83.6 Å². The van der Waals surface area contributed by atoms with Gasteiger partial charge in [-0.15, -0.1) is 0 Å². The summed E-state index contributed by atoms with van der Waals surface area (Å²) in [5, 5.41) is 47.5. The van der Waals surface area contributed by atoms with Crippen LogP contribution < -0.4 is 21.7 Å². The van der Waals surface area contributed by atoms with Gasteiger partial charge in [-0.2, -0.15) is 4.98 Å². The maximum absolute atomic E-state index is 12.4. The van der Waals surface area contributed by atoms with E-state index in [-0.39, 0.29) is 23.7 Å². The molecule has 0 atom stereocenters. The highest BCUT2D eigenvalue weighted by Crippen LogP contribution is 2.31. The van der Waals surface area contributed by atoms with Crippen molar-refractivity contribution in [3.63, 3.8) is 0 Å². The van der Waals surface area contributed by atoms with Gasteiger partial charge in [0.25, 0.3) is 5.89 Å². The summed E-state index contributed by atoms with van der Waals surface area (Å²) in [4.78, 5) is 76.7. The van der Waals surface area contributed by atoms with Crippen molar-refractivity contribution >= 4 is 90.9 Å². The zero-order chi connectivity index (χ0) is 63.8. The molecule has 0 fully saturated rings. The van der Waals surface area contributed by atoms with E-state index >= 15 is 0 Å². The molecule has 0 bridgehead atoms. The number of aromatic amines is 3. The highest BCUT2D eigenvalue weighted by atomic mass is 16.5. The second-order valence-electron chi connectivity index (χ2n) is 20.9. The Morgan fingerprint density at radius 2 is 0.944 bits per heavy atom. The highest BCUT2D eigenvalue weighted by Gasteiger charge is 2.17. The largest absolute Gasteiger partial charge is 0.477 e. The lowest BCUT2D eigenvalue weighted by Crippen LogP contribution is -2.05. The Morgan fingerprint density at radius 1 is 0.544 bits per heavy atom. The van der Waals surface area contributed by atoms with Crippen LogP contribution in [0.25, 0.3) is 78.5 Å². The van der Waals surface area contributed by atoms with Crippen molar-refractivity contribution in [2.45, 2.75) is 48.0 Å². The molecule has 11 N–H and O–H groups in total. The number of aromatic nitrogens is 17. The summed E-state index contributed by atoms with van der Waals surface area (Å²) in [5.74, 6) is 1.55. The molecule has 0 aliphatic heterocycles. The molecule has 13 rings (SSSR count). The molecule has 10 aromatic heterocycles. The van der Waals surface area contributed by atoms with E-state index in [0.29, 0.717) is 41.0 Å². The number of aromatic carboxylic acids is 1. The summed E-state index contributed by atoms with van der Waals surface area (Å²) in [5.41, 5.74) is 19.3. The number of oxime groups is 2. The first-order chi connectivity index (χ1) is 43.2. The van der Waals surface area contributed by atoms with Crippen LogP contribution in [0.3, 0.4) is 0 Å². The number of carboxylic acid groups (broad SMARTS) is 1. The molecule has 10 heterocycles. The Labute approximate surface area is 512 Å². The van der Waals surface area contributed by atoms with Crippen molar-refractivity contribution in [1.29, 1.82) is 0 Å². The van der Waals surface area contributed by atoms with Crippen LogP contribution in [0.5, 0.6) is 0 Å². The van der Waals surface area contributed by atoms with Crippen LogP contribution in [0.4, 0.5) is 34.9 Å². The number of aryl methyl sites for hydroxylation is 7. The van der Waals surface area contributed by atoms with Gasteiger partial charge < -0.3 is 70.4 Å². The Balaban J connectivity index is 0.000000143. The molecule has 0 unspecified atom stereocenters. The topological polar surface area (TPSA) is 399 Å². The normalized spacial score (nSPS) is 11.4. The fraction of sp³-hybridized carbons (Fsp3) is 0.164. The van der Waals surface area contributed by atoms with Crippen LogP contribution in [0, 0.1) is 27.7 Å². The fourth-order valence-electron chi connectivity index (χ4n) is 9.35. The molecule has 29 nitrogen and oxygen atoms in total. The second-order valence-corrected chi connectivity index (χ2v) is 20.9. The number of nitrogens with zero attached hydrogens (tertiary/aromatic N) is 16. The lowest BCUT2D eigenvalue weighted by atomic mass is 10.1. The molecule has 0 spiro atoms. The average molecular weight is 1210 g/mol. The molecular weight excluding hydrogens is 1150 g/mol. The molecule has 0 saturated carbocycles. The molecule has 0 radical (unpaired) electrons. The Hall–Kier alpha value is -12.4. The smallest absolute Gasteiger partial charge is 0.352 e. The molecule has 13 aromatic rings. The van der Waals surface area contributed by atoms with Crippen molar-refractivity contribution < 1.29 is 29.6 Å². The summed E-state index contributed by atoms with van der Waals surface area (Å²) in [6, 6.07) is 22.6. The van der Waals surface area contributed by atoms with Gasteiger partial charge in [0.1, 0.15) is 34.3 Å². The SMILES string of the molecule is C/C(CC(=O)c1cc2cc(Nc3nccc(-c4cn(C)cn4)n3)cc(C)c2[nH]1)=N/O.C/C(N)=N/O.Cc1cc(Nc2nccc(-c3cn(C)cn3)n2)cc2cc(C(=O)O)[nH]c12.Cc1noc(-c2cc3cc(Nc4nccc(-c5cn(C)cn5)n4)cc(C)c3[nH]2)n1. The first-order valence-electron chi connectivity index (χ1n) is 27.6. The summed E-state index contributed by atoms with van der Waals surface area (Å²) >= 11 is 0. The van der Waals surface area contributed by atoms with Gasteiger partial charge in [-0.3, -0.25) is 4.79 Å². The maximum atomic E-state index is 12.4. The van der Waals surface area contributed by atoms with Gasteiger partial charge in [0.2, 0.25) is 17.8 Å². The van der Waals surface area contributed by atoms with Crippen molar-refractivity contribution in [2.24, 2.45) is 37.2 Å². The molecule has 90 heavy (non-hydrogen) atoms. The monoisotopic (exact) mass is 1210 g/mol. The number of carbonyl (C=O) groups is 2. The van der Waals surface area contributed by atoms with Crippen LogP contribution in [-0.4, -0.2) is 122 Å². The minimum atomic E-state index is -0.985. The van der Waals surface area contributed by atoms with Crippen molar-refractivity contribution in [3.8, 4) is 45.7 Å². The van der Waals surface area contributed by atoms with E-state index in [1.807, 2.05) is 129 Å². The predicted molar refractivity (Wildman–Crippen MR) is 340 cm³/mol. The van der Waals surface area contributed by atoms with E-state index < -0.39 is 5.97 Å². The number of ketones is 1. The van der Waals surface area contributed by atoms with E-state index in [0.717, 1.165) is 106 Å². The van der Waals surface area contributed by atoms with Gasteiger partial charge in [0, 0.05) is 108 Å². The molecular formula is C61H61N23O6. The fourth-order valence-corrected chi connectivity index (χ4v) is 9.35. The number of nitrogens with one attached hydrogen (secondary N) is 6. The number of hydrogen-bond donors (Lipinski definition) is 10. The molecule has 29 heteroatoms. The number of anilines is 6. The summed E-state index contributed by atoms with van der Waals surface area (Å²) in [6.07, 6.45) is 16.0. The summed E-state index contributed by atoms with van der Waals surface area (Å²) < 4.78 is 10.9. The van der Waals surface area contributed by atoms with Crippen molar-refractivity contribution in [2.75, 3.05) is 16.0 Å². The van der Waals surface area contributed by atoms with Gasteiger partial charge in [0.05, 0.1) is 53.9 Å². The number of rotatable bonds is 14. The Kier molecular flexibility index (Phi) is 17.8. The van der Waals surface area contributed by atoms with Gasteiger partial charge in [-0.1, -0.05) is 15.5 Å². The van der Waals surface area contributed by atoms with Gasteiger partial charge in [-0.05, 0) is 131 Å². The number of carboxylic acids is 1. The predicted octanol–water partition coefficient (Wildman–Crippen LogP) is 10.5. The maximum Gasteiger partial charge on any atom is 0.352 e. The lowest BCUT2D eigenvalue weighted by Gasteiger charge is -2.07. The third-order valence-electron chi connectivity index (χ3n) is 13.4. The van der Waals surface area contributed by atoms with Gasteiger partial charge in [-0.25, -0.2) is 49.7 Å². The third kappa shape index (κ3) is 14.6. The Bertz CT molecular complexity index is 4800. The highest BCUT2D eigenvalue weighted by molar-refractivity contribution is 6.10. The second kappa shape index (κ2) is 26.5. The van der Waals surface area contributed by atoms with Crippen LogP contribution >= 0.6 is 0 Å². The number of amidine groups is 1. The molecule has 3 aromatic carbocycles. The van der Waals surface area contributed by atoms with Crippen molar-refractivity contribution in [3.05, 3.63) is 163 Å². The molecule has 0 aliphatic rings. The molecule has 0 aliphatic carbocycles. The standard InChI is InChI=1S/C21H21N7O2.C20H18N8O.C18H16N6O2.C2H6N2O/c1-12-6-15(8-14-9-17(25-20(12)14)19(29)7-13(2)27-30)24-21-22-5-4-16(26-21)18-10-28(3)11-23-18;1-11-6-14(7-13-8-16(25-18(11)13)19-23-12(2)27-29-19)24-20-21-5-4-15(26-20)17-9-28(3)10-22-17;1-10-5-12(6-11-7-14(17(25)26)22-16(10)11)21-18-19-4-3-13(23-18)15-8-24(2)9-20-15;1-2(3)4-5/h4-6,8-11,25,30H,7H2,1-3H3,(H,22,24,26);4-10,25H,1-3H3,(H,21,24,26);3-9,22H,1-2H3,(H,25,26)(H,19,21,23);5H,1H3,(H2,3,4)/b27-13-;;;. The number of fused-ring (bicyclic) bond motifs is 3. The van der Waals surface area contributed by atoms with Crippen LogP contribution in [0.15, 0.2) is 144 Å². The number of nitrogens with two attached hydrogens (primary N) is 1. The summed E-state index contributed by atoms with van der Waals surface area (Å²) in [6.45, 7) is 10.8. The van der Waals surface area contributed by atoms with E-state index in [1.165, 1.54) is 6.92 Å². The Morgan fingerprint density at radius 3 is 1.31 bits per heavy atom. The quantitative estimate of drug-likeness (QED) is 0.0159. The van der Waals surface area contributed by atoms with Gasteiger partial charge >= 0.3 is 5.97 Å². The molecule has 456 valence electrons. The number of imidazole rings is 3. The van der Waals surface area contributed by atoms with E-state index in [9.17, 15) is 9.59 Å². The lowest BCUT2D eigenvalue weighted by molar-refractivity contribution is 0.0691. The zero-order valence-electron chi connectivity index (χ0n) is 50.1. The number of benzene rings is 3. The first-order valence-corrected chi connectivity index (χ1v) is 27.6. The third-order valence-corrected chi connectivity index (χ3v) is 13.4. The molecule has 0 amide bonds. The number of carbonyl (C=O) groups excluding carboxylic acids is 1. The van der Waals surface area contributed by atoms with Crippen LogP contribution in [0.2, 0.25) is 0 Å².